The van der Waals surface area contributed by atoms with Crippen molar-refractivity contribution in [2.24, 2.45) is 0 Å². The maximum atomic E-state index is 5.83. The van der Waals surface area contributed by atoms with Crippen LogP contribution in [0, 0.1) is 0 Å². The molecule has 78 valence electrons. The summed E-state index contributed by atoms with van der Waals surface area (Å²) in [6.45, 7) is 0. The van der Waals surface area contributed by atoms with Crippen molar-refractivity contribution in [2.45, 2.75) is 0 Å². The Hall–Kier alpha value is -1.97. The Bertz CT molecular complexity index is 459. The van der Waals surface area contributed by atoms with E-state index < -0.39 is 0 Å². The Morgan fingerprint density at radius 2 is 2.00 bits per heavy atom. The summed E-state index contributed by atoms with van der Waals surface area (Å²) in [5, 5.41) is 6.85. The fraction of sp³-hybridized carbons (Fsp3) is 0.182. The van der Waals surface area contributed by atoms with Crippen molar-refractivity contribution in [3.8, 4) is 11.3 Å². The van der Waals surface area contributed by atoms with E-state index in [1.165, 1.54) is 0 Å². The van der Waals surface area contributed by atoms with Gasteiger partial charge in [0.05, 0.1) is 17.6 Å². The number of hydrogen-bond acceptors (Lipinski definition) is 3. The van der Waals surface area contributed by atoms with Gasteiger partial charge in [-0.3, -0.25) is 5.10 Å². The van der Waals surface area contributed by atoms with Crippen LogP contribution < -0.4 is 10.6 Å². The number of benzene rings is 1. The van der Waals surface area contributed by atoms with E-state index in [4.69, 9.17) is 5.73 Å². The predicted molar refractivity (Wildman–Crippen MR) is 62.8 cm³/mol. The van der Waals surface area contributed by atoms with Gasteiger partial charge in [-0.05, 0) is 6.07 Å². The molecule has 0 unspecified atom stereocenters. The minimum atomic E-state index is 0.671. The van der Waals surface area contributed by atoms with Crippen LogP contribution in [0.25, 0.3) is 11.3 Å². The third-order valence-electron chi connectivity index (χ3n) is 2.32. The van der Waals surface area contributed by atoms with Crippen molar-refractivity contribution >= 4 is 11.4 Å². The lowest BCUT2D eigenvalue weighted by Gasteiger charge is -2.16. The van der Waals surface area contributed by atoms with E-state index >= 15 is 0 Å². The first-order valence-electron chi connectivity index (χ1n) is 4.75. The minimum Gasteiger partial charge on any atom is -0.396 e. The molecule has 0 amide bonds. The molecule has 1 aromatic carbocycles. The van der Waals surface area contributed by atoms with E-state index in [9.17, 15) is 0 Å². The van der Waals surface area contributed by atoms with Gasteiger partial charge in [0.2, 0.25) is 0 Å². The topological polar surface area (TPSA) is 57.9 Å². The van der Waals surface area contributed by atoms with Crippen LogP contribution in [0.1, 0.15) is 0 Å². The zero-order valence-corrected chi connectivity index (χ0v) is 8.86. The number of anilines is 2. The van der Waals surface area contributed by atoms with E-state index in [-0.39, 0.29) is 0 Å². The molecule has 0 fully saturated rings. The van der Waals surface area contributed by atoms with Gasteiger partial charge in [0.1, 0.15) is 0 Å². The normalized spacial score (nSPS) is 10.3. The predicted octanol–water partition coefficient (Wildman–Crippen LogP) is 1.72. The highest BCUT2D eigenvalue weighted by Gasteiger charge is 2.10. The molecule has 0 atom stereocenters. The van der Waals surface area contributed by atoms with E-state index in [1.54, 1.807) is 6.20 Å². The second-order valence-electron chi connectivity index (χ2n) is 3.61. The molecule has 2 rings (SSSR count). The summed E-state index contributed by atoms with van der Waals surface area (Å²) < 4.78 is 0. The van der Waals surface area contributed by atoms with Crippen molar-refractivity contribution in [1.82, 2.24) is 10.2 Å². The molecule has 0 bridgehead atoms. The van der Waals surface area contributed by atoms with Gasteiger partial charge in [0, 0.05) is 25.3 Å². The molecule has 0 saturated carbocycles. The Balaban J connectivity index is 2.58. The average molecular weight is 202 g/mol. The first-order valence-corrected chi connectivity index (χ1v) is 4.75. The van der Waals surface area contributed by atoms with Crippen LogP contribution in [0.15, 0.2) is 30.5 Å². The fourth-order valence-electron chi connectivity index (χ4n) is 1.59. The lowest BCUT2D eigenvalue weighted by molar-refractivity contribution is 1.09. The second-order valence-corrected chi connectivity index (χ2v) is 3.61. The number of aromatic amines is 1. The number of nitrogens with zero attached hydrogens (tertiary/aromatic N) is 2. The summed E-state index contributed by atoms with van der Waals surface area (Å²) in [5.41, 5.74) is 9.56. The Morgan fingerprint density at radius 1 is 1.27 bits per heavy atom. The molecule has 0 aliphatic carbocycles. The van der Waals surface area contributed by atoms with Crippen molar-refractivity contribution in [3.05, 3.63) is 30.5 Å². The molecule has 0 spiro atoms. The molecule has 2 aromatic rings. The largest absolute Gasteiger partial charge is 0.396 e. The molecule has 1 heterocycles. The number of aromatic nitrogens is 2. The van der Waals surface area contributed by atoms with E-state index in [1.807, 2.05) is 32.3 Å². The highest BCUT2D eigenvalue weighted by molar-refractivity contribution is 5.82. The van der Waals surface area contributed by atoms with Gasteiger partial charge in [-0.15, -0.1) is 0 Å². The van der Waals surface area contributed by atoms with Crippen LogP contribution in [0.5, 0.6) is 0 Å². The van der Waals surface area contributed by atoms with Gasteiger partial charge in [-0.25, -0.2) is 0 Å². The standard InChI is InChI=1S/C11H14N4/c1-15(2)10-6-4-3-5-8(10)11-9(12)7-13-14-11/h3-7H,12H2,1-2H3,(H,13,14). The van der Waals surface area contributed by atoms with E-state index in [0.717, 1.165) is 16.9 Å². The summed E-state index contributed by atoms with van der Waals surface area (Å²) in [4.78, 5) is 2.05. The van der Waals surface area contributed by atoms with Crippen molar-refractivity contribution in [1.29, 1.82) is 0 Å². The zero-order valence-electron chi connectivity index (χ0n) is 8.86. The molecule has 1 aromatic heterocycles. The van der Waals surface area contributed by atoms with Gasteiger partial charge in [0.25, 0.3) is 0 Å². The summed E-state index contributed by atoms with van der Waals surface area (Å²) in [6, 6.07) is 8.07. The van der Waals surface area contributed by atoms with Crippen LogP contribution in [0.4, 0.5) is 11.4 Å². The maximum absolute atomic E-state index is 5.83. The Morgan fingerprint density at radius 3 is 2.60 bits per heavy atom. The zero-order chi connectivity index (χ0) is 10.8. The lowest BCUT2D eigenvalue weighted by atomic mass is 10.1. The van der Waals surface area contributed by atoms with Crippen molar-refractivity contribution in [2.75, 3.05) is 24.7 Å². The molecular weight excluding hydrogens is 188 g/mol. The van der Waals surface area contributed by atoms with Crippen molar-refractivity contribution in [3.63, 3.8) is 0 Å². The van der Waals surface area contributed by atoms with Gasteiger partial charge >= 0.3 is 0 Å². The number of nitrogen functional groups attached to an aromatic ring is 1. The fourth-order valence-corrected chi connectivity index (χ4v) is 1.59. The van der Waals surface area contributed by atoms with Gasteiger partial charge < -0.3 is 10.6 Å². The first-order chi connectivity index (χ1) is 7.20. The number of hydrogen-bond donors (Lipinski definition) is 2. The third-order valence-corrected chi connectivity index (χ3v) is 2.32. The van der Waals surface area contributed by atoms with E-state index in [2.05, 4.69) is 21.2 Å². The van der Waals surface area contributed by atoms with Crippen LogP contribution in [0.3, 0.4) is 0 Å². The summed E-state index contributed by atoms with van der Waals surface area (Å²) in [5.74, 6) is 0. The average Bonchev–Trinajstić information content (AvgIpc) is 2.64. The molecule has 15 heavy (non-hydrogen) atoms. The molecule has 4 heteroatoms. The van der Waals surface area contributed by atoms with Crippen LogP contribution in [-0.4, -0.2) is 24.3 Å². The number of para-hydroxylation sites is 1. The Kier molecular flexibility index (Phi) is 2.33. The molecule has 4 nitrogen and oxygen atoms in total. The monoisotopic (exact) mass is 202 g/mol. The number of nitrogens with one attached hydrogen (secondary N) is 1. The number of rotatable bonds is 2. The van der Waals surface area contributed by atoms with Gasteiger partial charge in [0.15, 0.2) is 0 Å². The quantitative estimate of drug-likeness (QED) is 0.779. The number of H-pyrrole nitrogens is 1. The lowest BCUT2D eigenvalue weighted by Crippen LogP contribution is -2.10. The first kappa shape index (κ1) is 9.58. The molecule has 0 aliphatic heterocycles. The van der Waals surface area contributed by atoms with Crippen LogP contribution in [-0.2, 0) is 0 Å². The minimum absolute atomic E-state index is 0.671. The SMILES string of the molecule is CN(C)c1ccccc1-c1[nH]ncc1N. The third kappa shape index (κ3) is 1.66. The number of nitrogens with two attached hydrogens (primary N) is 1. The van der Waals surface area contributed by atoms with Gasteiger partial charge in [-0.1, -0.05) is 18.2 Å². The highest BCUT2D eigenvalue weighted by atomic mass is 15.1. The molecule has 0 saturated heterocycles. The van der Waals surface area contributed by atoms with E-state index in [0.29, 0.717) is 5.69 Å². The molecule has 0 radical (unpaired) electrons. The maximum Gasteiger partial charge on any atom is 0.0900 e. The highest BCUT2D eigenvalue weighted by Crippen LogP contribution is 2.31. The summed E-state index contributed by atoms with van der Waals surface area (Å²) >= 11 is 0. The Labute approximate surface area is 88.7 Å². The van der Waals surface area contributed by atoms with Crippen LogP contribution in [0.2, 0.25) is 0 Å². The summed E-state index contributed by atoms with van der Waals surface area (Å²) in [7, 11) is 4.01. The van der Waals surface area contributed by atoms with Crippen molar-refractivity contribution < 1.29 is 0 Å². The van der Waals surface area contributed by atoms with Gasteiger partial charge in [-0.2, -0.15) is 5.10 Å². The molecule has 3 N–H and O–H groups in total. The molecular formula is C11H14N4. The smallest absolute Gasteiger partial charge is 0.0900 e. The second kappa shape index (κ2) is 3.65. The molecule has 0 aliphatic rings. The van der Waals surface area contributed by atoms with Crippen LogP contribution >= 0.6 is 0 Å². The summed E-state index contributed by atoms with van der Waals surface area (Å²) in [6.07, 6.45) is 1.63.